The van der Waals surface area contributed by atoms with Crippen LogP contribution in [0.4, 0.5) is 0 Å². The average molecular weight is 294 g/mol. The molecule has 7 heteroatoms. The molecule has 1 aromatic carbocycles. The van der Waals surface area contributed by atoms with Crippen LogP contribution in [0, 0.1) is 0 Å². The van der Waals surface area contributed by atoms with Gasteiger partial charge < -0.3 is 25.5 Å². The third kappa shape index (κ3) is 3.93. The Bertz CT molecular complexity index is 538. The number of aryl methyl sites for hydroxylation is 1. The number of hydrogen-bond donors (Lipinski definition) is 3. The molecule has 0 radical (unpaired) electrons. The van der Waals surface area contributed by atoms with Gasteiger partial charge in [-0.2, -0.15) is 0 Å². The van der Waals surface area contributed by atoms with Crippen LogP contribution in [-0.2, 0) is 15.9 Å². The molecular weight excluding hydrogens is 276 g/mol. The molecule has 4 N–H and O–H groups in total. The van der Waals surface area contributed by atoms with Crippen molar-refractivity contribution in [1.82, 2.24) is 0 Å². The fourth-order valence-electron chi connectivity index (χ4n) is 2.27. The van der Waals surface area contributed by atoms with Gasteiger partial charge in [-0.15, -0.1) is 0 Å². The molecule has 0 atom stereocenters. The van der Waals surface area contributed by atoms with Crippen LogP contribution < -0.4 is 5.73 Å². The molecule has 0 aliphatic carbocycles. The Hall–Kier alpha value is -2.12. The highest BCUT2D eigenvalue weighted by atomic mass is 16.7. The van der Waals surface area contributed by atoms with Crippen molar-refractivity contribution in [1.29, 1.82) is 0 Å². The number of aromatic carboxylic acids is 1. The van der Waals surface area contributed by atoms with Gasteiger partial charge in [-0.25, -0.2) is 4.79 Å². The molecule has 1 heterocycles. The Morgan fingerprint density at radius 3 is 2.71 bits per heavy atom. The van der Waals surface area contributed by atoms with Crippen molar-refractivity contribution in [2.24, 2.45) is 10.9 Å². The van der Waals surface area contributed by atoms with Gasteiger partial charge in [-0.3, -0.25) is 0 Å². The van der Waals surface area contributed by atoms with Crippen LogP contribution >= 0.6 is 0 Å². The van der Waals surface area contributed by atoms with Gasteiger partial charge in [-0.1, -0.05) is 11.2 Å². The van der Waals surface area contributed by atoms with Gasteiger partial charge in [0.2, 0.25) is 0 Å². The highest BCUT2D eigenvalue weighted by molar-refractivity contribution is 5.99. The molecule has 1 aliphatic heterocycles. The van der Waals surface area contributed by atoms with Crippen molar-refractivity contribution in [2.45, 2.75) is 25.6 Å². The molecule has 0 unspecified atom stereocenters. The molecule has 1 fully saturated rings. The number of oxime groups is 1. The minimum atomic E-state index is -1.01. The van der Waals surface area contributed by atoms with Crippen LogP contribution in [0.5, 0.6) is 0 Å². The third-order valence-corrected chi connectivity index (χ3v) is 3.31. The van der Waals surface area contributed by atoms with E-state index in [0.29, 0.717) is 31.6 Å². The molecular formula is C14H18N2O5. The van der Waals surface area contributed by atoms with Gasteiger partial charge in [0.1, 0.15) is 0 Å². The summed E-state index contributed by atoms with van der Waals surface area (Å²) in [6.07, 6.45) is 1.86. The van der Waals surface area contributed by atoms with Crippen LogP contribution in [0.25, 0.3) is 0 Å². The topological polar surface area (TPSA) is 114 Å². The number of carboxylic acids is 1. The lowest BCUT2D eigenvalue weighted by Crippen LogP contribution is -2.17. The SMILES string of the molecule is NC(=NO)c1ccc(C(=O)O)cc1CCCC1OCCO1. The van der Waals surface area contributed by atoms with Gasteiger partial charge in [0, 0.05) is 5.56 Å². The molecule has 0 spiro atoms. The van der Waals surface area contributed by atoms with E-state index in [2.05, 4.69) is 5.16 Å². The summed E-state index contributed by atoms with van der Waals surface area (Å²) in [5.74, 6) is -1.04. The molecule has 0 saturated carbocycles. The Labute approximate surface area is 122 Å². The van der Waals surface area contributed by atoms with E-state index in [9.17, 15) is 4.79 Å². The molecule has 1 aromatic rings. The van der Waals surface area contributed by atoms with E-state index in [1.165, 1.54) is 6.07 Å². The number of amidine groups is 1. The van der Waals surface area contributed by atoms with Crippen LogP contribution in [0.2, 0.25) is 0 Å². The highest BCUT2D eigenvalue weighted by Gasteiger charge is 2.16. The van der Waals surface area contributed by atoms with E-state index in [4.69, 9.17) is 25.5 Å². The lowest BCUT2D eigenvalue weighted by molar-refractivity contribution is -0.0475. The van der Waals surface area contributed by atoms with Crippen LogP contribution in [-0.4, -0.2) is 41.6 Å². The summed E-state index contributed by atoms with van der Waals surface area (Å²) < 4.78 is 10.7. The minimum Gasteiger partial charge on any atom is -0.478 e. The molecule has 0 amide bonds. The number of nitrogens with zero attached hydrogens (tertiary/aromatic N) is 1. The molecule has 1 aliphatic rings. The molecule has 7 nitrogen and oxygen atoms in total. The van der Waals surface area contributed by atoms with Gasteiger partial charge in [0.05, 0.1) is 18.8 Å². The van der Waals surface area contributed by atoms with Crippen molar-refractivity contribution in [2.75, 3.05) is 13.2 Å². The van der Waals surface area contributed by atoms with E-state index in [-0.39, 0.29) is 17.7 Å². The lowest BCUT2D eigenvalue weighted by Gasteiger charge is -2.11. The van der Waals surface area contributed by atoms with E-state index in [1.54, 1.807) is 12.1 Å². The second-order valence-electron chi connectivity index (χ2n) is 4.73. The Morgan fingerprint density at radius 1 is 1.38 bits per heavy atom. The first kappa shape index (κ1) is 15.3. The van der Waals surface area contributed by atoms with Crippen molar-refractivity contribution in [3.05, 3.63) is 34.9 Å². The van der Waals surface area contributed by atoms with Crippen molar-refractivity contribution < 1.29 is 24.6 Å². The van der Waals surface area contributed by atoms with E-state index >= 15 is 0 Å². The first-order valence-corrected chi connectivity index (χ1v) is 6.69. The Balaban J connectivity index is 2.09. The predicted octanol–water partition coefficient (Wildman–Crippen LogP) is 1.17. The van der Waals surface area contributed by atoms with Crippen LogP contribution in [0.1, 0.15) is 34.3 Å². The summed E-state index contributed by atoms with van der Waals surface area (Å²) in [6.45, 7) is 1.21. The van der Waals surface area contributed by atoms with Crippen molar-refractivity contribution in [3.63, 3.8) is 0 Å². The predicted molar refractivity (Wildman–Crippen MR) is 74.5 cm³/mol. The maximum Gasteiger partial charge on any atom is 0.335 e. The number of nitrogens with two attached hydrogens (primary N) is 1. The minimum absolute atomic E-state index is 0.0321. The Morgan fingerprint density at radius 2 is 2.10 bits per heavy atom. The first-order chi connectivity index (χ1) is 10.1. The normalized spacial score (nSPS) is 16.3. The van der Waals surface area contributed by atoms with Gasteiger partial charge in [-0.05, 0) is 37.0 Å². The number of rotatable bonds is 6. The summed E-state index contributed by atoms with van der Waals surface area (Å²) >= 11 is 0. The monoisotopic (exact) mass is 294 g/mol. The van der Waals surface area contributed by atoms with Crippen molar-refractivity contribution >= 4 is 11.8 Å². The number of benzene rings is 1. The number of hydrogen-bond acceptors (Lipinski definition) is 5. The third-order valence-electron chi connectivity index (χ3n) is 3.31. The van der Waals surface area contributed by atoms with Gasteiger partial charge >= 0.3 is 5.97 Å². The standard InChI is InChI=1S/C14H18N2O5/c15-13(16-19)11-5-4-10(14(17)18)8-9(11)2-1-3-12-20-6-7-21-12/h4-5,8,12,19H,1-3,6-7H2,(H2,15,16)(H,17,18). The van der Waals surface area contributed by atoms with E-state index < -0.39 is 5.97 Å². The maximum atomic E-state index is 11.0. The van der Waals surface area contributed by atoms with E-state index in [1.807, 2.05) is 0 Å². The molecule has 1 saturated heterocycles. The summed E-state index contributed by atoms with van der Waals surface area (Å²) in [5, 5.41) is 20.8. The quantitative estimate of drug-likeness (QED) is 0.314. The number of carbonyl (C=O) groups is 1. The summed E-state index contributed by atoms with van der Waals surface area (Å²) in [7, 11) is 0. The maximum absolute atomic E-state index is 11.0. The van der Waals surface area contributed by atoms with Crippen LogP contribution in [0.15, 0.2) is 23.4 Å². The smallest absolute Gasteiger partial charge is 0.335 e. The number of ether oxygens (including phenoxy) is 2. The molecule has 0 bridgehead atoms. The molecule has 0 aromatic heterocycles. The largest absolute Gasteiger partial charge is 0.478 e. The van der Waals surface area contributed by atoms with Crippen LogP contribution in [0.3, 0.4) is 0 Å². The zero-order chi connectivity index (χ0) is 15.2. The number of carboxylic acid groups (broad SMARTS) is 1. The first-order valence-electron chi connectivity index (χ1n) is 6.69. The zero-order valence-corrected chi connectivity index (χ0v) is 11.5. The van der Waals surface area contributed by atoms with Gasteiger partial charge in [0.25, 0.3) is 0 Å². The molecule has 21 heavy (non-hydrogen) atoms. The highest BCUT2D eigenvalue weighted by Crippen LogP contribution is 2.18. The van der Waals surface area contributed by atoms with E-state index in [0.717, 1.165) is 12.0 Å². The molecule has 114 valence electrons. The second kappa shape index (κ2) is 7.05. The summed E-state index contributed by atoms with van der Waals surface area (Å²) in [5.41, 5.74) is 7.06. The Kier molecular flexibility index (Phi) is 5.13. The zero-order valence-electron chi connectivity index (χ0n) is 11.5. The summed E-state index contributed by atoms with van der Waals surface area (Å²) in [4.78, 5) is 11.0. The fourth-order valence-corrected chi connectivity index (χ4v) is 2.27. The molecule has 2 rings (SSSR count). The summed E-state index contributed by atoms with van der Waals surface area (Å²) in [6, 6.07) is 4.53. The van der Waals surface area contributed by atoms with Gasteiger partial charge in [0.15, 0.2) is 12.1 Å². The average Bonchev–Trinajstić information content (AvgIpc) is 2.99. The second-order valence-corrected chi connectivity index (χ2v) is 4.73. The van der Waals surface area contributed by atoms with Crippen molar-refractivity contribution in [3.8, 4) is 0 Å². The lowest BCUT2D eigenvalue weighted by atomic mass is 9.98. The fraction of sp³-hybridized carbons (Fsp3) is 0.429.